The molecule has 0 rings (SSSR count). The summed E-state index contributed by atoms with van der Waals surface area (Å²) in [6, 6.07) is 0. The van der Waals surface area contributed by atoms with E-state index in [0.29, 0.717) is 6.61 Å². The molecule has 0 aliphatic rings. The molecule has 0 saturated carbocycles. The summed E-state index contributed by atoms with van der Waals surface area (Å²) in [5.74, 6) is 0. The van der Waals surface area contributed by atoms with E-state index < -0.39 is 6.29 Å². The van der Waals surface area contributed by atoms with Gasteiger partial charge in [-0.15, -0.1) is 0 Å². The Kier molecular flexibility index (Phi) is 17.5. The first-order valence-corrected chi connectivity index (χ1v) is 5.56. The molecule has 2 N–H and O–H groups in total. The Labute approximate surface area is 108 Å². The second-order valence-electron chi connectivity index (χ2n) is 3.50. The van der Waals surface area contributed by atoms with Gasteiger partial charge in [0.15, 0.2) is 6.29 Å². The number of aliphatic hydroxyl groups is 2. The molecule has 0 heterocycles. The van der Waals surface area contributed by atoms with Crippen LogP contribution in [0.15, 0.2) is 0 Å². The Morgan fingerprint density at radius 2 is 1.87 bits per heavy atom. The quantitative estimate of drug-likeness (QED) is 0.271. The Balaban J connectivity index is 0. The molecule has 0 spiro atoms. The monoisotopic (exact) mass is 251 g/mol. The van der Waals surface area contributed by atoms with Gasteiger partial charge in [0.1, 0.15) is 0 Å². The van der Waals surface area contributed by atoms with E-state index in [9.17, 15) is 5.11 Å². The van der Waals surface area contributed by atoms with Crippen molar-refractivity contribution < 1.29 is 36.7 Å². The zero-order valence-electron chi connectivity index (χ0n) is 9.61. The minimum Gasteiger partial charge on any atom is -0.566 e. The van der Waals surface area contributed by atoms with Crippen molar-refractivity contribution in [2.24, 2.45) is 0 Å². The second-order valence-corrected chi connectivity index (χ2v) is 3.50. The van der Waals surface area contributed by atoms with Crippen LogP contribution in [0, 0.1) is 6.61 Å². The maximum Gasteiger partial charge on any atom is 0.154 e. The summed E-state index contributed by atoms with van der Waals surface area (Å²) in [4.78, 5) is 0. The van der Waals surface area contributed by atoms with Crippen molar-refractivity contribution in [3.8, 4) is 0 Å². The molecule has 90 valence electrons. The largest absolute Gasteiger partial charge is 0.566 e. The van der Waals surface area contributed by atoms with Crippen LogP contribution in [0.2, 0.25) is 0 Å². The van der Waals surface area contributed by atoms with Crippen LogP contribution in [0.25, 0.3) is 0 Å². The van der Waals surface area contributed by atoms with E-state index in [1.165, 1.54) is 6.61 Å². The summed E-state index contributed by atoms with van der Waals surface area (Å²) in [7, 11) is 0. The first-order valence-electron chi connectivity index (χ1n) is 5.56. The number of aliphatic hydroxyl groups excluding tert-OH is 2. The van der Waals surface area contributed by atoms with Gasteiger partial charge in [-0.2, -0.15) is 6.42 Å². The van der Waals surface area contributed by atoms with Crippen LogP contribution in [0.3, 0.4) is 0 Å². The van der Waals surface area contributed by atoms with Crippen molar-refractivity contribution in [2.45, 2.75) is 58.2 Å². The molecule has 0 aromatic rings. The van der Waals surface area contributed by atoms with Crippen LogP contribution in [0.5, 0.6) is 0 Å². The third-order valence-corrected chi connectivity index (χ3v) is 2.05. The molecule has 15 heavy (non-hydrogen) atoms. The molecule has 0 radical (unpaired) electrons. The zero-order chi connectivity index (χ0) is 10.6. The van der Waals surface area contributed by atoms with Gasteiger partial charge < -0.3 is 14.9 Å². The van der Waals surface area contributed by atoms with Gasteiger partial charge in [-0.05, 0) is 19.3 Å². The normalized spacial score (nSPS) is 12.2. The second kappa shape index (κ2) is 14.6. The van der Waals surface area contributed by atoms with E-state index in [0.717, 1.165) is 44.9 Å². The van der Waals surface area contributed by atoms with E-state index in [2.05, 4.69) is 0 Å². The van der Waals surface area contributed by atoms with Crippen LogP contribution < -0.4 is 0 Å². The summed E-state index contributed by atoms with van der Waals surface area (Å²) in [6.45, 7) is 3.87. The molecule has 3 nitrogen and oxygen atoms in total. The maximum atomic E-state index is 9.31. The molecule has 0 aromatic carbocycles. The molecule has 4 heteroatoms. The fourth-order valence-electron chi connectivity index (χ4n) is 1.25. The average molecular weight is 251 g/mol. The van der Waals surface area contributed by atoms with Gasteiger partial charge in [0, 0.05) is 28.3 Å². The minimum atomic E-state index is -0.584. The number of unbranched alkanes of at least 4 members (excludes halogenated alkanes) is 4. The summed E-state index contributed by atoms with van der Waals surface area (Å²) < 4.78 is 5.13. The van der Waals surface area contributed by atoms with Crippen LogP contribution in [-0.2, 0) is 26.5 Å². The number of rotatable bonds is 10. The van der Waals surface area contributed by atoms with Gasteiger partial charge in [-0.1, -0.05) is 26.2 Å². The number of hydrogen-bond donors (Lipinski definition) is 2. The number of ether oxygens (including phenoxy) is 1. The molecule has 0 saturated heterocycles. The fraction of sp³-hybridized carbons (Fsp3) is 0.909. The first-order chi connectivity index (χ1) is 6.81. The van der Waals surface area contributed by atoms with E-state index in [1.807, 2.05) is 6.92 Å². The summed E-state index contributed by atoms with van der Waals surface area (Å²) in [6.07, 6.45) is 6.09. The van der Waals surface area contributed by atoms with E-state index >= 15 is 0 Å². The summed E-state index contributed by atoms with van der Waals surface area (Å²) >= 11 is 0. The molecule has 1 unspecified atom stereocenters. The molecule has 1 atom stereocenters. The molecule has 0 fully saturated rings. The van der Waals surface area contributed by atoms with Gasteiger partial charge in [-0.3, -0.25) is 0 Å². The van der Waals surface area contributed by atoms with Crippen molar-refractivity contribution >= 4 is 0 Å². The average Bonchev–Trinajstić information content (AvgIpc) is 2.20. The molecular weight excluding hydrogens is 228 g/mol. The molecule has 0 amide bonds. The van der Waals surface area contributed by atoms with E-state index in [4.69, 9.17) is 9.84 Å². The number of hydrogen-bond acceptors (Lipinski definition) is 3. The minimum absolute atomic E-state index is 0. The Morgan fingerprint density at radius 1 is 1.20 bits per heavy atom. The van der Waals surface area contributed by atoms with Gasteiger partial charge in [-0.25, -0.2) is 6.61 Å². The standard InChI is InChI=1S/C11H23O3.Ti/c1-2-10-14-11(13)8-6-4-3-5-7-9-12;/h9,11-13H,2-8,10H2,1H3;/q-1;. The fourth-order valence-corrected chi connectivity index (χ4v) is 1.25. The predicted molar refractivity (Wildman–Crippen MR) is 56.2 cm³/mol. The van der Waals surface area contributed by atoms with Crippen molar-refractivity contribution in [3.05, 3.63) is 6.61 Å². The SMILES string of the molecule is CCCOC(O)CCCCCC[CH-]O.[Ti]. The first kappa shape index (κ1) is 18.0. The van der Waals surface area contributed by atoms with Crippen LogP contribution in [-0.4, -0.2) is 23.1 Å². The maximum absolute atomic E-state index is 9.31. The molecule has 0 bridgehead atoms. The van der Waals surface area contributed by atoms with E-state index in [-0.39, 0.29) is 21.7 Å². The van der Waals surface area contributed by atoms with Crippen molar-refractivity contribution in [1.29, 1.82) is 0 Å². The van der Waals surface area contributed by atoms with Crippen LogP contribution in [0.1, 0.15) is 51.9 Å². The molecule has 0 aromatic heterocycles. The topological polar surface area (TPSA) is 49.7 Å². The van der Waals surface area contributed by atoms with Crippen LogP contribution >= 0.6 is 0 Å². The summed E-state index contributed by atoms with van der Waals surface area (Å²) in [5.41, 5.74) is 0. The third kappa shape index (κ3) is 14.6. The van der Waals surface area contributed by atoms with E-state index in [1.54, 1.807) is 0 Å². The smallest absolute Gasteiger partial charge is 0.154 e. The molecular formula is C11H23O3Ti-. The predicted octanol–water partition coefficient (Wildman–Crippen LogP) is 2.60. The molecule has 0 aliphatic carbocycles. The van der Waals surface area contributed by atoms with Crippen molar-refractivity contribution in [3.63, 3.8) is 0 Å². The Bertz CT molecular complexity index is 112. The van der Waals surface area contributed by atoms with Gasteiger partial charge in [0.25, 0.3) is 0 Å². The van der Waals surface area contributed by atoms with Gasteiger partial charge in [0.05, 0.1) is 0 Å². The van der Waals surface area contributed by atoms with Crippen molar-refractivity contribution in [2.75, 3.05) is 6.61 Å². The van der Waals surface area contributed by atoms with Crippen LogP contribution in [0.4, 0.5) is 0 Å². The van der Waals surface area contributed by atoms with Gasteiger partial charge in [0.2, 0.25) is 0 Å². The molecule has 0 aliphatic heterocycles. The summed E-state index contributed by atoms with van der Waals surface area (Å²) in [5, 5.41) is 17.7. The third-order valence-electron chi connectivity index (χ3n) is 2.05. The van der Waals surface area contributed by atoms with Gasteiger partial charge >= 0.3 is 0 Å². The zero-order valence-corrected chi connectivity index (χ0v) is 11.2. The Hall–Kier alpha value is 0.594. The Morgan fingerprint density at radius 3 is 2.47 bits per heavy atom. The van der Waals surface area contributed by atoms with Crippen molar-refractivity contribution in [1.82, 2.24) is 0 Å².